The summed E-state index contributed by atoms with van der Waals surface area (Å²) in [5.41, 5.74) is 10.2. The third-order valence-corrected chi connectivity index (χ3v) is 9.44. The molecule has 6 rings (SSSR count). The van der Waals surface area contributed by atoms with Crippen LogP contribution in [0.2, 0.25) is 0 Å². The SMILES string of the molecule is Cc1cc(Oc2ccccn2)ccc1-n1ncc(C(=O)c2cc3cc(C(=O)N4CCOCC4)ccc3n2COCCS(C)(C)C)c1N. The summed E-state index contributed by atoms with van der Waals surface area (Å²) in [6.45, 7) is 4.82. The summed E-state index contributed by atoms with van der Waals surface area (Å²) in [7, 11) is -0.745. The molecule has 0 atom stereocenters. The van der Waals surface area contributed by atoms with Gasteiger partial charge < -0.3 is 29.4 Å². The first-order chi connectivity index (χ1) is 22.6. The molecule has 1 amide bonds. The largest absolute Gasteiger partial charge is 0.439 e. The second-order valence-corrected chi connectivity index (χ2v) is 17.0. The zero-order valence-corrected chi connectivity index (χ0v) is 28.0. The minimum Gasteiger partial charge on any atom is -0.439 e. The van der Waals surface area contributed by atoms with Crippen LogP contribution in [0.5, 0.6) is 11.6 Å². The van der Waals surface area contributed by atoms with Crippen molar-refractivity contribution in [3.8, 4) is 17.3 Å². The molecule has 11 nitrogen and oxygen atoms in total. The molecule has 0 spiro atoms. The van der Waals surface area contributed by atoms with Gasteiger partial charge >= 0.3 is 0 Å². The van der Waals surface area contributed by atoms with Crippen molar-refractivity contribution in [2.24, 2.45) is 0 Å². The number of carbonyl (C=O) groups excluding carboxylic acids is 2. The Morgan fingerprint density at radius 3 is 2.55 bits per heavy atom. The van der Waals surface area contributed by atoms with Gasteiger partial charge in [-0.3, -0.25) is 9.59 Å². The lowest BCUT2D eigenvalue weighted by atomic mass is 10.1. The van der Waals surface area contributed by atoms with Crippen molar-refractivity contribution in [3.63, 3.8) is 0 Å². The molecule has 0 bridgehead atoms. The summed E-state index contributed by atoms with van der Waals surface area (Å²) in [5.74, 6) is 1.92. The van der Waals surface area contributed by atoms with E-state index >= 15 is 0 Å². The molecule has 2 N–H and O–H groups in total. The van der Waals surface area contributed by atoms with Crippen molar-refractivity contribution < 1.29 is 23.8 Å². The molecule has 1 aliphatic heterocycles. The number of morpholine rings is 1. The number of hydrogen-bond donors (Lipinski definition) is 1. The van der Waals surface area contributed by atoms with Gasteiger partial charge in [-0.25, -0.2) is 19.7 Å². The lowest BCUT2D eigenvalue weighted by Gasteiger charge is -2.26. The Hall–Kier alpha value is -4.65. The first kappa shape index (κ1) is 32.3. The summed E-state index contributed by atoms with van der Waals surface area (Å²) in [6, 6.07) is 18.3. The molecule has 0 unspecified atom stereocenters. The highest BCUT2D eigenvalue weighted by atomic mass is 32.3. The monoisotopic (exact) mass is 656 g/mol. The van der Waals surface area contributed by atoms with Crippen molar-refractivity contribution in [3.05, 3.63) is 95.4 Å². The fourth-order valence-electron chi connectivity index (χ4n) is 5.47. The van der Waals surface area contributed by atoms with Gasteiger partial charge in [-0.15, -0.1) is 0 Å². The van der Waals surface area contributed by atoms with E-state index in [0.29, 0.717) is 55.8 Å². The van der Waals surface area contributed by atoms with Crippen molar-refractivity contribution in [1.29, 1.82) is 0 Å². The predicted octanol–water partition coefficient (Wildman–Crippen LogP) is 5.28. The lowest BCUT2D eigenvalue weighted by molar-refractivity contribution is 0.0303. The molecule has 1 fully saturated rings. The lowest BCUT2D eigenvalue weighted by Crippen LogP contribution is -2.40. The number of amides is 1. The van der Waals surface area contributed by atoms with E-state index in [9.17, 15) is 9.59 Å². The number of nitrogens with two attached hydrogens (primary N) is 1. The zero-order chi connectivity index (χ0) is 33.1. The highest BCUT2D eigenvalue weighted by Crippen LogP contribution is 2.34. The van der Waals surface area contributed by atoms with Crippen molar-refractivity contribution in [2.45, 2.75) is 13.7 Å². The third-order valence-electron chi connectivity index (χ3n) is 8.05. The maximum atomic E-state index is 14.2. The molecule has 4 heterocycles. The van der Waals surface area contributed by atoms with Gasteiger partial charge in [0.2, 0.25) is 11.7 Å². The Labute approximate surface area is 275 Å². The number of nitrogen functional groups attached to an aromatic ring is 1. The second kappa shape index (κ2) is 13.6. The Balaban J connectivity index is 1.30. The van der Waals surface area contributed by atoms with E-state index in [1.165, 1.54) is 6.20 Å². The number of carbonyl (C=O) groups is 2. The van der Waals surface area contributed by atoms with Crippen molar-refractivity contribution in [2.75, 3.05) is 63.2 Å². The molecule has 1 saturated heterocycles. The van der Waals surface area contributed by atoms with Gasteiger partial charge in [-0.1, -0.05) is 6.07 Å². The topological polar surface area (TPSA) is 127 Å². The quantitative estimate of drug-likeness (QED) is 0.150. The molecule has 1 aliphatic rings. The average molecular weight is 657 g/mol. The van der Waals surface area contributed by atoms with E-state index in [0.717, 1.165) is 27.9 Å². The first-order valence-corrected chi connectivity index (χ1v) is 18.4. The number of aromatic nitrogens is 4. The fraction of sp³-hybridized carbons (Fsp3) is 0.314. The second-order valence-electron chi connectivity index (χ2n) is 12.4. The maximum Gasteiger partial charge on any atom is 0.254 e. The number of pyridine rings is 1. The Morgan fingerprint density at radius 1 is 1.02 bits per heavy atom. The van der Waals surface area contributed by atoms with Crippen molar-refractivity contribution >= 4 is 38.4 Å². The number of anilines is 1. The van der Waals surface area contributed by atoms with Gasteiger partial charge in [0.05, 0.1) is 48.5 Å². The standard InChI is InChI=1S/C35H40N6O5S/c1-24-19-27(46-32-7-5-6-12-37-32)9-11-29(24)41-34(36)28(22-38-41)33(42)31-21-26-20-25(35(43)39-13-15-44-16-14-39)8-10-30(26)40(31)23-45-17-18-47(2,3)4/h5-12,19-22H,13-18,23,36H2,1-4H3. The van der Waals surface area contributed by atoms with Gasteiger partial charge in [0.25, 0.3) is 5.91 Å². The van der Waals surface area contributed by atoms with Crippen molar-refractivity contribution in [1.82, 2.24) is 24.2 Å². The van der Waals surface area contributed by atoms with Crippen LogP contribution in [-0.2, 0) is 16.2 Å². The Kier molecular flexibility index (Phi) is 9.35. The van der Waals surface area contributed by atoms with E-state index in [2.05, 4.69) is 28.8 Å². The number of rotatable bonds is 11. The molecule has 0 radical (unpaired) electrons. The number of fused-ring (bicyclic) bond motifs is 1. The van der Waals surface area contributed by atoms with Crippen LogP contribution in [0.25, 0.3) is 16.6 Å². The molecule has 12 heteroatoms. The van der Waals surface area contributed by atoms with Crippen LogP contribution < -0.4 is 10.5 Å². The minimum absolute atomic E-state index is 0.0578. The van der Waals surface area contributed by atoms with Crippen LogP contribution in [0.15, 0.2) is 73.1 Å². The zero-order valence-electron chi connectivity index (χ0n) is 27.1. The smallest absolute Gasteiger partial charge is 0.254 e. The number of ketones is 1. The van der Waals surface area contributed by atoms with Gasteiger partial charge in [0.1, 0.15) is 18.3 Å². The van der Waals surface area contributed by atoms with Crippen LogP contribution in [0.4, 0.5) is 5.82 Å². The number of benzene rings is 2. The van der Waals surface area contributed by atoms with Crippen LogP contribution >= 0.6 is 10.0 Å². The third kappa shape index (κ3) is 7.19. The molecule has 0 aliphatic carbocycles. The van der Waals surface area contributed by atoms with E-state index in [-0.39, 0.29) is 29.8 Å². The molecule has 2 aromatic carbocycles. The van der Waals surface area contributed by atoms with Crippen LogP contribution in [-0.4, -0.2) is 93.4 Å². The van der Waals surface area contributed by atoms with Gasteiger partial charge in [0.15, 0.2) is 0 Å². The summed E-state index contributed by atoms with van der Waals surface area (Å²) >= 11 is 0. The molecule has 0 saturated carbocycles. The summed E-state index contributed by atoms with van der Waals surface area (Å²) in [5, 5.41) is 5.27. The van der Waals surface area contributed by atoms with Gasteiger partial charge in [-0.2, -0.15) is 5.10 Å². The summed E-state index contributed by atoms with van der Waals surface area (Å²) in [4.78, 5) is 33.4. The van der Waals surface area contributed by atoms with E-state index in [4.69, 9.17) is 19.9 Å². The number of ether oxygens (including phenoxy) is 3. The molecular formula is C35H40N6O5S. The Bertz CT molecular complexity index is 1910. The molecule has 5 aromatic rings. The highest BCUT2D eigenvalue weighted by molar-refractivity contribution is 8.32. The number of hydrogen-bond acceptors (Lipinski definition) is 8. The first-order valence-electron chi connectivity index (χ1n) is 15.4. The normalized spacial score (nSPS) is 14.0. The summed E-state index contributed by atoms with van der Waals surface area (Å²) in [6.07, 6.45) is 9.89. The van der Waals surface area contributed by atoms with Crippen LogP contribution in [0, 0.1) is 6.92 Å². The molecular weight excluding hydrogens is 616 g/mol. The minimum atomic E-state index is -0.745. The summed E-state index contributed by atoms with van der Waals surface area (Å²) < 4.78 is 20.8. The highest BCUT2D eigenvalue weighted by Gasteiger charge is 2.25. The predicted molar refractivity (Wildman–Crippen MR) is 185 cm³/mol. The molecule has 246 valence electrons. The molecule has 3 aromatic heterocycles. The van der Waals surface area contributed by atoms with Crippen LogP contribution in [0.1, 0.15) is 32.0 Å². The number of nitrogens with zero attached hydrogens (tertiary/aromatic N) is 5. The molecule has 47 heavy (non-hydrogen) atoms. The Morgan fingerprint density at radius 2 is 1.83 bits per heavy atom. The van der Waals surface area contributed by atoms with E-state index in [1.807, 2.05) is 54.0 Å². The average Bonchev–Trinajstić information content (AvgIpc) is 3.62. The fourth-order valence-corrected chi connectivity index (χ4v) is 6.08. The number of aryl methyl sites for hydroxylation is 1. The van der Waals surface area contributed by atoms with E-state index in [1.54, 1.807) is 34.0 Å². The van der Waals surface area contributed by atoms with E-state index < -0.39 is 10.0 Å². The van der Waals surface area contributed by atoms with Gasteiger partial charge in [-0.05, 0) is 79.8 Å². The van der Waals surface area contributed by atoms with Gasteiger partial charge in [0, 0.05) is 42.1 Å². The maximum absolute atomic E-state index is 14.2. The van der Waals surface area contributed by atoms with Crippen LogP contribution in [0.3, 0.4) is 0 Å².